The fraction of sp³-hybridized carbons (Fsp3) is 0.346. The lowest BCUT2D eigenvalue weighted by atomic mass is 10.1. The third-order valence-electron chi connectivity index (χ3n) is 6.18. The second-order valence-electron chi connectivity index (χ2n) is 8.33. The number of benzene rings is 2. The molecule has 1 aliphatic rings. The van der Waals surface area contributed by atoms with Gasteiger partial charge in [-0.3, -0.25) is 0 Å². The molecule has 1 aromatic heterocycles. The summed E-state index contributed by atoms with van der Waals surface area (Å²) in [5.41, 5.74) is 1.69. The second-order valence-corrected chi connectivity index (χ2v) is 10.3. The molecule has 0 spiro atoms. The third-order valence-corrected chi connectivity index (χ3v) is 8.09. The van der Waals surface area contributed by atoms with Gasteiger partial charge in [-0.05, 0) is 55.5 Å². The van der Waals surface area contributed by atoms with Crippen LogP contribution < -0.4 is 19.1 Å². The maximum atomic E-state index is 13.1. The van der Waals surface area contributed by atoms with Crippen molar-refractivity contribution in [2.45, 2.75) is 11.8 Å². The third kappa shape index (κ3) is 5.50. The summed E-state index contributed by atoms with van der Waals surface area (Å²) in [5.74, 6) is 1.69. The van der Waals surface area contributed by atoms with Crippen LogP contribution in [0.1, 0.15) is 17.3 Å². The normalized spacial score (nSPS) is 14.2. The van der Waals surface area contributed by atoms with Crippen LogP contribution in [0.3, 0.4) is 0 Å². The number of methoxy groups -OCH3 is 3. The number of esters is 1. The van der Waals surface area contributed by atoms with Crippen LogP contribution in [-0.4, -0.2) is 83.0 Å². The first-order valence-electron chi connectivity index (χ1n) is 12.0. The minimum absolute atomic E-state index is 0.133. The van der Waals surface area contributed by atoms with E-state index in [4.69, 9.17) is 18.9 Å². The Hall–Kier alpha value is -3.90. The van der Waals surface area contributed by atoms with Crippen molar-refractivity contribution in [3.63, 3.8) is 0 Å². The van der Waals surface area contributed by atoms with Gasteiger partial charge in [0.1, 0.15) is 0 Å². The summed E-state index contributed by atoms with van der Waals surface area (Å²) in [6, 6.07) is 13.1. The lowest BCUT2D eigenvalue weighted by Crippen LogP contribution is -2.49. The topological polar surface area (TPSA) is 120 Å². The molecule has 1 aliphatic heterocycles. The van der Waals surface area contributed by atoms with E-state index in [1.165, 1.54) is 28.6 Å². The van der Waals surface area contributed by atoms with Gasteiger partial charge in [-0.1, -0.05) is 0 Å². The van der Waals surface area contributed by atoms with Crippen LogP contribution >= 0.6 is 0 Å². The van der Waals surface area contributed by atoms with E-state index in [9.17, 15) is 13.2 Å². The molecule has 0 aliphatic carbocycles. The number of sulfonamides is 1. The predicted octanol–water partition coefficient (Wildman–Crippen LogP) is 2.86. The van der Waals surface area contributed by atoms with Crippen molar-refractivity contribution in [1.82, 2.24) is 14.5 Å². The summed E-state index contributed by atoms with van der Waals surface area (Å²) >= 11 is 0. The van der Waals surface area contributed by atoms with Gasteiger partial charge in [-0.2, -0.15) is 4.31 Å². The summed E-state index contributed by atoms with van der Waals surface area (Å²) in [4.78, 5) is 14.0. The van der Waals surface area contributed by atoms with Gasteiger partial charge in [0.25, 0.3) is 0 Å². The molecule has 0 radical (unpaired) electrons. The van der Waals surface area contributed by atoms with E-state index < -0.39 is 16.0 Å². The van der Waals surface area contributed by atoms with E-state index in [1.807, 2.05) is 17.0 Å². The van der Waals surface area contributed by atoms with E-state index >= 15 is 0 Å². The SMILES string of the molecule is CCOC(=O)c1ccc(S(=O)(=O)N2CCN(c3ccc(-c4cc(OC)c(OC)c(OC)c4)nn3)CC2)cc1. The number of hydrogen-bond donors (Lipinski definition) is 0. The molecular formula is C26H30N4O7S. The highest BCUT2D eigenvalue weighted by Gasteiger charge is 2.29. The first kappa shape index (κ1) is 27.1. The number of carbonyl (C=O) groups excluding carboxylic acids is 1. The van der Waals surface area contributed by atoms with Gasteiger partial charge in [-0.25, -0.2) is 13.2 Å². The van der Waals surface area contributed by atoms with E-state index in [-0.39, 0.29) is 24.6 Å². The largest absolute Gasteiger partial charge is 0.493 e. The maximum absolute atomic E-state index is 13.1. The summed E-state index contributed by atoms with van der Waals surface area (Å²) in [7, 11) is 0.943. The quantitative estimate of drug-likeness (QED) is 0.373. The van der Waals surface area contributed by atoms with Crippen molar-refractivity contribution in [2.24, 2.45) is 0 Å². The molecule has 1 saturated heterocycles. The minimum Gasteiger partial charge on any atom is -0.493 e. The number of aromatic nitrogens is 2. The maximum Gasteiger partial charge on any atom is 0.338 e. The Kier molecular flexibility index (Phi) is 8.32. The highest BCUT2D eigenvalue weighted by molar-refractivity contribution is 7.89. The van der Waals surface area contributed by atoms with E-state index in [0.29, 0.717) is 47.4 Å². The highest BCUT2D eigenvalue weighted by Crippen LogP contribution is 2.40. The van der Waals surface area contributed by atoms with Gasteiger partial charge in [-0.15, -0.1) is 10.2 Å². The van der Waals surface area contributed by atoms with E-state index in [2.05, 4.69) is 10.2 Å². The molecule has 0 saturated carbocycles. The van der Waals surface area contributed by atoms with Crippen molar-refractivity contribution in [1.29, 1.82) is 0 Å². The van der Waals surface area contributed by atoms with Crippen LogP contribution in [0.15, 0.2) is 53.4 Å². The molecule has 0 amide bonds. The van der Waals surface area contributed by atoms with Gasteiger partial charge in [0.05, 0.1) is 44.1 Å². The van der Waals surface area contributed by atoms with Crippen LogP contribution in [0.5, 0.6) is 17.2 Å². The first-order chi connectivity index (χ1) is 18.3. The van der Waals surface area contributed by atoms with Crippen LogP contribution in [0.2, 0.25) is 0 Å². The fourth-order valence-corrected chi connectivity index (χ4v) is 5.58. The van der Waals surface area contributed by atoms with Crippen LogP contribution in [-0.2, 0) is 14.8 Å². The van der Waals surface area contributed by atoms with E-state index in [1.54, 1.807) is 40.4 Å². The van der Waals surface area contributed by atoms with Crippen LogP contribution in [0.25, 0.3) is 11.3 Å². The number of ether oxygens (including phenoxy) is 4. The zero-order chi connectivity index (χ0) is 27.3. The minimum atomic E-state index is -3.70. The molecule has 202 valence electrons. The Balaban J connectivity index is 1.43. The van der Waals surface area contributed by atoms with Gasteiger partial charge < -0.3 is 23.8 Å². The Morgan fingerprint density at radius 3 is 2.00 bits per heavy atom. The predicted molar refractivity (Wildman–Crippen MR) is 140 cm³/mol. The average molecular weight is 543 g/mol. The van der Waals surface area contributed by atoms with Crippen molar-refractivity contribution < 1.29 is 32.2 Å². The number of anilines is 1. The van der Waals surface area contributed by atoms with Crippen LogP contribution in [0, 0.1) is 0 Å². The molecule has 0 bridgehead atoms. The summed E-state index contributed by atoms with van der Waals surface area (Å²) in [6.07, 6.45) is 0. The van der Waals surface area contributed by atoms with Gasteiger partial charge in [0.2, 0.25) is 15.8 Å². The first-order valence-corrected chi connectivity index (χ1v) is 13.4. The molecule has 0 unspecified atom stereocenters. The number of hydrogen-bond acceptors (Lipinski definition) is 10. The molecule has 11 nitrogen and oxygen atoms in total. The molecule has 3 aromatic rings. The molecule has 38 heavy (non-hydrogen) atoms. The molecule has 2 heterocycles. The number of nitrogens with zero attached hydrogens (tertiary/aromatic N) is 4. The molecule has 12 heteroatoms. The molecular weight excluding hydrogens is 512 g/mol. The average Bonchev–Trinajstić information content (AvgIpc) is 2.96. The van der Waals surface area contributed by atoms with Crippen molar-refractivity contribution in [3.8, 4) is 28.5 Å². The van der Waals surface area contributed by atoms with Gasteiger partial charge >= 0.3 is 5.97 Å². The lowest BCUT2D eigenvalue weighted by molar-refractivity contribution is 0.0526. The van der Waals surface area contributed by atoms with Crippen LogP contribution in [0.4, 0.5) is 5.82 Å². The summed E-state index contributed by atoms with van der Waals surface area (Å²) < 4.78 is 48.8. The Bertz CT molecular complexity index is 1350. The molecule has 2 aromatic carbocycles. The summed E-state index contributed by atoms with van der Waals surface area (Å²) in [5, 5.41) is 8.74. The zero-order valence-electron chi connectivity index (χ0n) is 21.7. The Labute approximate surface area is 221 Å². The van der Waals surface area contributed by atoms with Gasteiger partial charge in [0, 0.05) is 31.7 Å². The lowest BCUT2D eigenvalue weighted by Gasteiger charge is -2.34. The Morgan fingerprint density at radius 1 is 0.868 bits per heavy atom. The van der Waals surface area contributed by atoms with Gasteiger partial charge in [0.15, 0.2) is 17.3 Å². The highest BCUT2D eigenvalue weighted by atomic mass is 32.2. The zero-order valence-corrected chi connectivity index (χ0v) is 22.5. The smallest absolute Gasteiger partial charge is 0.338 e. The van der Waals surface area contributed by atoms with Crippen molar-refractivity contribution in [2.75, 3.05) is 59.0 Å². The van der Waals surface area contributed by atoms with E-state index in [0.717, 1.165) is 5.56 Å². The number of carbonyl (C=O) groups is 1. The Morgan fingerprint density at radius 2 is 1.50 bits per heavy atom. The monoisotopic (exact) mass is 542 g/mol. The van der Waals surface area contributed by atoms with Crippen molar-refractivity contribution in [3.05, 3.63) is 54.1 Å². The molecule has 1 fully saturated rings. The fourth-order valence-electron chi connectivity index (χ4n) is 4.16. The summed E-state index contributed by atoms with van der Waals surface area (Å²) in [6.45, 7) is 3.46. The number of piperazine rings is 1. The number of rotatable bonds is 9. The molecule has 4 rings (SSSR count). The molecule has 0 atom stereocenters. The molecule has 0 N–H and O–H groups in total. The van der Waals surface area contributed by atoms with Crippen molar-refractivity contribution >= 4 is 21.8 Å². The second kappa shape index (κ2) is 11.7. The standard InChI is InChI=1S/C26H30N4O7S/c1-5-37-26(31)18-6-8-20(9-7-18)38(32,33)30-14-12-29(13-15-30)24-11-10-21(27-28-24)19-16-22(34-2)25(36-4)23(17-19)35-3/h6-11,16-17H,5,12-15H2,1-4H3.